The number of hydrogen-bond donors (Lipinski definition) is 0. The lowest BCUT2D eigenvalue weighted by atomic mass is 10.0. The van der Waals surface area contributed by atoms with Gasteiger partial charge in [0, 0.05) is 17.5 Å². The molecule has 1 aliphatic rings. The van der Waals surface area contributed by atoms with Gasteiger partial charge in [0.05, 0.1) is 0 Å². The monoisotopic (exact) mass is 240 g/mol. The van der Waals surface area contributed by atoms with E-state index in [-0.39, 0.29) is 0 Å². The zero-order valence-electron chi connectivity index (χ0n) is 9.09. The summed E-state index contributed by atoms with van der Waals surface area (Å²) in [5, 5.41) is 0.642. The van der Waals surface area contributed by atoms with Crippen molar-refractivity contribution in [3.8, 4) is 11.5 Å². The Hall–Kier alpha value is -1.22. The number of carbonyl (C=O) groups excluding carboxylic acids is 1. The van der Waals surface area contributed by atoms with E-state index >= 15 is 0 Å². The zero-order chi connectivity index (χ0) is 11.5. The fourth-order valence-electron chi connectivity index (χ4n) is 1.86. The highest BCUT2D eigenvalue weighted by Gasteiger charge is 2.19. The van der Waals surface area contributed by atoms with E-state index < -0.39 is 0 Å². The minimum absolute atomic E-state index is 0.472. The van der Waals surface area contributed by atoms with Crippen LogP contribution in [0, 0.1) is 6.92 Å². The van der Waals surface area contributed by atoms with E-state index in [9.17, 15) is 4.79 Å². The van der Waals surface area contributed by atoms with Crippen LogP contribution < -0.4 is 9.47 Å². The van der Waals surface area contributed by atoms with Crippen molar-refractivity contribution >= 4 is 17.9 Å². The first-order valence-electron chi connectivity index (χ1n) is 5.25. The van der Waals surface area contributed by atoms with Gasteiger partial charge >= 0.3 is 0 Å². The average molecular weight is 241 g/mol. The highest BCUT2D eigenvalue weighted by molar-refractivity contribution is 6.31. The first-order chi connectivity index (χ1) is 7.74. The molecular weight excluding hydrogens is 228 g/mol. The molecule has 1 aromatic rings. The summed E-state index contributed by atoms with van der Waals surface area (Å²) in [4.78, 5) is 10.4. The highest BCUT2D eigenvalue weighted by atomic mass is 35.5. The Morgan fingerprint density at radius 3 is 2.94 bits per heavy atom. The van der Waals surface area contributed by atoms with Crippen molar-refractivity contribution in [2.75, 3.05) is 13.2 Å². The van der Waals surface area contributed by atoms with E-state index in [1.165, 1.54) is 0 Å². The third-order valence-corrected chi connectivity index (χ3v) is 3.00. The van der Waals surface area contributed by atoms with Gasteiger partial charge in [0.25, 0.3) is 0 Å². The van der Waals surface area contributed by atoms with Gasteiger partial charge in [-0.3, -0.25) is 0 Å². The van der Waals surface area contributed by atoms with Gasteiger partial charge in [-0.15, -0.1) is 0 Å². The predicted octanol–water partition coefficient (Wildman–Crippen LogP) is 2.55. The molecule has 0 bridgehead atoms. The molecule has 0 saturated heterocycles. The van der Waals surface area contributed by atoms with Crippen LogP contribution in [0.15, 0.2) is 6.07 Å². The maximum Gasteiger partial charge on any atom is 0.164 e. The zero-order valence-corrected chi connectivity index (χ0v) is 9.84. The van der Waals surface area contributed by atoms with Crippen LogP contribution in [0.25, 0.3) is 0 Å². The minimum Gasteiger partial charge on any atom is -0.486 e. The van der Waals surface area contributed by atoms with E-state index in [1.54, 1.807) is 6.07 Å². The molecule has 1 aliphatic heterocycles. The SMILES string of the molecule is Cc1c(CCC=O)c(Cl)cc2c1OCCO2. The molecule has 3 nitrogen and oxygen atoms in total. The number of aldehydes is 1. The third-order valence-electron chi connectivity index (χ3n) is 2.66. The third kappa shape index (κ3) is 2.00. The summed E-state index contributed by atoms with van der Waals surface area (Å²) in [6, 6.07) is 1.77. The summed E-state index contributed by atoms with van der Waals surface area (Å²) >= 11 is 6.15. The summed E-state index contributed by atoms with van der Waals surface area (Å²) in [5.74, 6) is 1.46. The molecule has 0 spiro atoms. The smallest absolute Gasteiger partial charge is 0.164 e. The molecule has 0 saturated carbocycles. The molecule has 0 radical (unpaired) electrons. The number of benzene rings is 1. The standard InChI is InChI=1S/C12H13ClO3/c1-8-9(3-2-4-14)10(13)7-11-12(8)16-6-5-15-11/h4,7H,2-3,5-6H2,1H3. The van der Waals surface area contributed by atoms with Crippen LogP contribution in [0.3, 0.4) is 0 Å². The number of rotatable bonds is 3. The number of hydrogen-bond acceptors (Lipinski definition) is 3. The summed E-state index contributed by atoms with van der Waals surface area (Å²) < 4.78 is 11.0. The largest absolute Gasteiger partial charge is 0.486 e. The minimum atomic E-state index is 0.472. The van der Waals surface area contributed by atoms with Crippen molar-refractivity contribution < 1.29 is 14.3 Å². The van der Waals surface area contributed by atoms with Crippen molar-refractivity contribution in [3.63, 3.8) is 0 Å². The van der Waals surface area contributed by atoms with Crippen molar-refractivity contribution in [2.45, 2.75) is 19.8 Å². The Morgan fingerprint density at radius 2 is 2.19 bits per heavy atom. The van der Waals surface area contributed by atoms with Crippen LogP contribution >= 0.6 is 11.6 Å². The van der Waals surface area contributed by atoms with E-state index in [2.05, 4.69) is 0 Å². The summed E-state index contributed by atoms with van der Waals surface area (Å²) in [5.41, 5.74) is 1.95. The molecule has 0 aromatic heterocycles. The van der Waals surface area contributed by atoms with Crippen LogP contribution in [0.1, 0.15) is 17.5 Å². The Labute approximate surface area is 99.3 Å². The number of halogens is 1. The van der Waals surface area contributed by atoms with Crippen LogP contribution in [0.5, 0.6) is 11.5 Å². The van der Waals surface area contributed by atoms with Gasteiger partial charge in [0.15, 0.2) is 11.5 Å². The lowest BCUT2D eigenvalue weighted by Gasteiger charge is -2.22. The Bertz CT molecular complexity index is 415. The second kappa shape index (κ2) is 4.74. The molecule has 1 aromatic carbocycles. The van der Waals surface area contributed by atoms with Gasteiger partial charge < -0.3 is 14.3 Å². The molecule has 0 amide bonds. The average Bonchev–Trinajstić information content (AvgIpc) is 2.29. The first-order valence-corrected chi connectivity index (χ1v) is 5.63. The molecule has 0 aliphatic carbocycles. The van der Waals surface area contributed by atoms with E-state index in [0.29, 0.717) is 36.8 Å². The van der Waals surface area contributed by atoms with Gasteiger partial charge in [-0.25, -0.2) is 0 Å². The van der Waals surface area contributed by atoms with Gasteiger partial charge in [0.2, 0.25) is 0 Å². The molecule has 0 atom stereocenters. The van der Waals surface area contributed by atoms with Gasteiger partial charge in [-0.05, 0) is 24.5 Å². The molecule has 16 heavy (non-hydrogen) atoms. The first kappa shape index (κ1) is 11.3. The summed E-state index contributed by atoms with van der Waals surface area (Å²) in [7, 11) is 0. The normalized spacial score (nSPS) is 13.6. The fraction of sp³-hybridized carbons (Fsp3) is 0.417. The topological polar surface area (TPSA) is 35.5 Å². The van der Waals surface area contributed by atoms with Crippen molar-refractivity contribution in [3.05, 3.63) is 22.2 Å². The number of ether oxygens (including phenoxy) is 2. The molecule has 4 heteroatoms. The lowest BCUT2D eigenvalue weighted by Crippen LogP contribution is -2.16. The maximum atomic E-state index is 10.4. The van der Waals surface area contributed by atoms with Crippen LogP contribution in [-0.4, -0.2) is 19.5 Å². The molecule has 86 valence electrons. The second-order valence-electron chi connectivity index (χ2n) is 3.69. The Balaban J connectivity index is 2.41. The Kier molecular flexibility index (Phi) is 3.34. The van der Waals surface area contributed by atoms with Crippen LogP contribution in [-0.2, 0) is 11.2 Å². The van der Waals surface area contributed by atoms with Crippen molar-refractivity contribution in [1.29, 1.82) is 0 Å². The number of carbonyl (C=O) groups is 1. The van der Waals surface area contributed by atoms with E-state index in [1.807, 2.05) is 6.92 Å². The van der Waals surface area contributed by atoms with Crippen molar-refractivity contribution in [1.82, 2.24) is 0 Å². The van der Waals surface area contributed by atoms with Crippen LogP contribution in [0.4, 0.5) is 0 Å². The molecule has 0 fully saturated rings. The quantitative estimate of drug-likeness (QED) is 0.762. The second-order valence-corrected chi connectivity index (χ2v) is 4.10. The van der Waals surface area contributed by atoms with E-state index in [4.69, 9.17) is 21.1 Å². The van der Waals surface area contributed by atoms with Gasteiger partial charge in [-0.1, -0.05) is 11.6 Å². The lowest BCUT2D eigenvalue weighted by molar-refractivity contribution is -0.107. The number of fused-ring (bicyclic) bond motifs is 1. The Morgan fingerprint density at radius 1 is 1.44 bits per heavy atom. The summed E-state index contributed by atoms with van der Waals surface area (Å²) in [6.45, 7) is 3.05. The maximum absolute atomic E-state index is 10.4. The molecule has 2 rings (SSSR count). The van der Waals surface area contributed by atoms with Gasteiger partial charge in [-0.2, -0.15) is 0 Å². The highest BCUT2D eigenvalue weighted by Crippen LogP contribution is 2.39. The molecular formula is C12H13ClO3. The fourth-order valence-corrected chi connectivity index (χ4v) is 2.20. The summed E-state index contributed by atoms with van der Waals surface area (Å²) in [6.07, 6.45) is 2.01. The van der Waals surface area contributed by atoms with Crippen LogP contribution in [0.2, 0.25) is 5.02 Å². The molecule has 0 N–H and O–H groups in total. The molecule has 1 heterocycles. The predicted molar refractivity (Wildman–Crippen MR) is 61.6 cm³/mol. The van der Waals surface area contributed by atoms with Crippen molar-refractivity contribution in [2.24, 2.45) is 0 Å². The molecule has 0 unspecified atom stereocenters. The van der Waals surface area contributed by atoms with Gasteiger partial charge in [0.1, 0.15) is 19.5 Å². The van der Waals surface area contributed by atoms with E-state index in [0.717, 1.165) is 23.2 Å².